The van der Waals surface area contributed by atoms with Gasteiger partial charge in [0.05, 0.1) is 0 Å². The summed E-state index contributed by atoms with van der Waals surface area (Å²) in [7, 11) is 2.06. The highest BCUT2D eigenvalue weighted by atomic mass is 14.8. The van der Waals surface area contributed by atoms with Crippen molar-refractivity contribution in [3.05, 3.63) is 35.9 Å². The fraction of sp³-hybridized carbons (Fsp3) is 0.538. The first-order valence-corrected chi connectivity index (χ1v) is 5.58. The Morgan fingerprint density at radius 2 is 2.00 bits per heavy atom. The van der Waals surface area contributed by atoms with Gasteiger partial charge in [-0.1, -0.05) is 30.3 Å². The van der Waals surface area contributed by atoms with Crippen molar-refractivity contribution in [3.8, 4) is 0 Å². The SMILES string of the molecule is CNCC(Cc1ccccc1)C1CC1. The lowest BCUT2D eigenvalue weighted by Crippen LogP contribution is -2.22. The molecule has 1 unspecified atom stereocenters. The van der Waals surface area contributed by atoms with Crippen LogP contribution in [-0.4, -0.2) is 13.6 Å². The number of nitrogens with one attached hydrogen (secondary N) is 1. The van der Waals surface area contributed by atoms with Crippen molar-refractivity contribution in [1.29, 1.82) is 0 Å². The van der Waals surface area contributed by atoms with E-state index in [2.05, 4.69) is 42.7 Å². The molecule has 2 rings (SSSR count). The van der Waals surface area contributed by atoms with Crippen LogP contribution >= 0.6 is 0 Å². The molecule has 1 fully saturated rings. The van der Waals surface area contributed by atoms with Gasteiger partial charge in [0.2, 0.25) is 0 Å². The lowest BCUT2D eigenvalue weighted by molar-refractivity contribution is 0.440. The minimum Gasteiger partial charge on any atom is -0.319 e. The summed E-state index contributed by atoms with van der Waals surface area (Å²) in [6.45, 7) is 1.17. The molecular weight excluding hydrogens is 170 g/mol. The predicted molar refractivity (Wildman–Crippen MR) is 60.3 cm³/mol. The third-order valence-electron chi connectivity index (χ3n) is 3.10. The first kappa shape index (κ1) is 9.72. The maximum atomic E-state index is 3.31. The van der Waals surface area contributed by atoms with Crippen molar-refractivity contribution in [2.24, 2.45) is 11.8 Å². The quantitative estimate of drug-likeness (QED) is 0.750. The smallest absolute Gasteiger partial charge is 0.00177 e. The highest BCUT2D eigenvalue weighted by Gasteiger charge is 2.30. The number of rotatable bonds is 5. The van der Waals surface area contributed by atoms with Crippen molar-refractivity contribution < 1.29 is 0 Å². The molecule has 0 spiro atoms. The van der Waals surface area contributed by atoms with Crippen LogP contribution in [0.1, 0.15) is 18.4 Å². The maximum absolute atomic E-state index is 3.31. The van der Waals surface area contributed by atoms with Gasteiger partial charge in [-0.25, -0.2) is 0 Å². The molecule has 0 aliphatic heterocycles. The third-order valence-corrected chi connectivity index (χ3v) is 3.10. The molecule has 0 bridgehead atoms. The Kier molecular flexibility index (Phi) is 3.20. The molecule has 1 aliphatic carbocycles. The van der Waals surface area contributed by atoms with Gasteiger partial charge in [0.25, 0.3) is 0 Å². The summed E-state index contributed by atoms with van der Waals surface area (Å²) < 4.78 is 0. The van der Waals surface area contributed by atoms with Crippen LogP contribution in [0.3, 0.4) is 0 Å². The fourth-order valence-electron chi connectivity index (χ4n) is 2.15. The Labute approximate surface area is 86.5 Å². The molecule has 1 aromatic carbocycles. The highest BCUT2D eigenvalue weighted by molar-refractivity contribution is 5.15. The van der Waals surface area contributed by atoms with E-state index in [4.69, 9.17) is 0 Å². The minimum absolute atomic E-state index is 0.849. The van der Waals surface area contributed by atoms with Gasteiger partial charge in [-0.3, -0.25) is 0 Å². The van der Waals surface area contributed by atoms with E-state index in [0.29, 0.717) is 0 Å². The topological polar surface area (TPSA) is 12.0 Å². The summed E-state index contributed by atoms with van der Waals surface area (Å²) in [5.41, 5.74) is 1.49. The molecule has 1 saturated carbocycles. The lowest BCUT2D eigenvalue weighted by Gasteiger charge is -2.15. The Balaban J connectivity index is 1.93. The van der Waals surface area contributed by atoms with Crippen molar-refractivity contribution in [1.82, 2.24) is 5.32 Å². The molecule has 76 valence electrons. The van der Waals surface area contributed by atoms with Crippen LogP contribution in [0.5, 0.6) is 0 Å². The van der Waals surface area contributed by atoms with Crippen molar-refractivity contribution in [3.63, 3.8) is 0 Å². The molecular formula is C13H19N. The Hall–Kier alpha value is -0.820. The third kappa shape index (κ3) is 2.58. The average molecular weight is 189 g/mol. The molecule has 0 heterocycles. The Bertz CT molecular complexity index is 264. The lowest BCUT2D eigenvalue weighted by atomic mass is 9.95. The molecule has 0 radical (unpaired) electrons. The van der Waals surface area contributed by atoms with E-state index in [0.717, 1.165) is 11.8 Å². The standard InChI is InChI=1S/C13H19N/c1-14-10-13(12-7-8-12)9-11-5-3-2-4-6-11/h2-6,12-14H,7-10H2,1H3. The fourth-order valence-corrected chi connectivity index (χ4v) is 2.15. The Morgan fingerprint density at radius 3 is 2.57 bits per heavy atom. The second-order valence-electron chi connectivity index (χ2n) is 4.34. The van der Waals surface area contributed by atoms with E-state index < -0.39 is 0 Å². The average Bonchev–Trinajstić information content (AvgIpc) is 3.02. The van der Waals surface area contributed by atoms with Gasteiger partial charge >= 0.3 is 0 Å². The molecule has 1 nitrogen and oxygen atoms in total. The van der Waals surface area contributed by atoms with Crippen molar-refractivity contribution in [2.75, 3.05) is 13.6 Å². The molecule has 0 saturated heterocycles. The first-order chi connectivity index (χ1) is 6.90. The molecule has 1 atom stereocenters. The second-order valence-corrected chi connectivity index (χ2v) is 4.34. The van der Waals surface area contributed by atoms with Crippen molar-refractivity contribution in [2.45, 2.75) is 19.3 Å². The Morgan fingerprint density at radius 1 is 1.29 bits per heavy atom. The highest BCUT2D eigenvalue weighted by Crippen LogP contribution is 2.38. The first-order valence-electron chi connectivity index (χ1n) is 5.58. The van der Waals surface area contributed by atoms with E-state index in [1.54, 1.807) is 0 Å². The molecule has 1 N–H and O–H groups in total. The van der Waals surface area contributed by atoms with Gasteiger partial charge in [-0.05, 0) is 50.3 Å². The number of hydrogen-bond donors (Lipinski definition) is 1. The summed E-state index contributed by atoms with van der Waals surface area (Å²) in [5, 5.41) is 3.31. The molecule has 0 amide bonds. The summed E-state index contributed by atoms with van der Waals surface area (Å²) in [5.74, 6) is 1.84. The molecule has 1 aromatic rings. The van der Waals surface area contributed by atoms with Crippen LogP contribution in [0.25, 0.3) is 0 Å². The van der Waals surface area contributed by atoms with E-state index in [9.17, 15) is 0 Å². The van der Waals surface area contributed by atoms with Gasteiger partial charge in [-0.15, -0.1) is 0 Å². The van der Waals surface area contributed by atoms with Crippen LogP contribution in [0.4, 0.5) is 0 Å². The van der Waals surface area contributed by atoms with E-state index in [1.165, 1.54) is 31.4 Å². The number of benzene rings is 1. The van der Waals surface area contributed by atoms with Gasteiger partial charge in [0, 0.05) is 0 Å². The monoisotopic (exact) mass is 189 g/mol. The zero-order chi connectivity index (χ0) is 9.80. The van der Waals surface area contributed by atoms with Crippen molar-refractivity contribution >= 4 is 0 Å². The zero-order valence-electron chi connectivity index (χ0n) is 8.87. The van der Waals surface area contributed by atoms with Crippen LogP contribution < -0.4 is 5.32 Å². The maximum Gasteiger partial charge on any atom is -0.00177 e. The normalized spacial score (nSPS) is 18.1. The minimum atomic E-state index is 0.849. The molecule has 1 aliphatic rings. The summed E-state index contributed by atoms with van der Waals surface area (Å²) in [4.78, 5) is 0. The zero-order valence-corrected chi connectivity index (χ0v) is 8.87. The van der Waals surface area contributed by atoms with Crippen LogP contribution in [0, 0.1) is 11.8 Å². The molecule has 0 aromatic heterocycles. The van der Waals surface area contributed by atoms with Gasteiger partial charge in [0.1, 0.15) is 0 Å². The van der Waals surface area contributed by atoms with Crippen LogP contribution in [-0.2, 0) is 6.42 Å². The van der Waals surface area contributed by atoms with Crippen LogP contribution in [0.15, 0.2) is 30.3 Å². The molecule has 14 heavy (non-hydrogen) atoms. The predicted octanol–water partition coefficient (Wildman–Crippen LogP) is 2.47. The van der Waals surface area contributed by atoms with Gasteiger partial charge in [-0.2, -0.15) is 0 Å². The van der Waals surface area contributed by atoms with Crippen LogP contribution in [0.2, 0.25) is 0 Å². The van der Waals surface area contributed by atoms with E-state index in [-0.39, 0.29) is 0 Å². The summed E-state index contributed by atoms with van der Waals surface area (Å²) >= 11 is 0. The number of hydrogen-bond acceptors (Lipinski definition) is 1. The summed E-state index contributed by atoms with van der Waals surface area (Å²) in [6.07, 6.45) is 4.13. The summed E-state index contributed by atoms with van der Waals surface area (Å²) in [6, 6.07) is 10.8. The van der Waals surface area contributed by atoms with E-state index >= 15 is 0 Å². The van der Waals surface area contributed by atoms with Gasteiger partial charge < -0.3 is 5.32 Å². The molecule has 1 heteroatoms. The van der Waals surface area contributed by atoms with Gasteiger partial charge in [0.15, 0.2) is 0 Å². The van der Waals surface area contributed by atoms with E-state index in [1.807, 2.05) is 0 Å². The second kappa shape index (κ2) is 4.61. The largest absolute Gasteiger partial charge is 0.319 e.